The highest BCUT2D eigenvalue weighted by Gasteiger charge is 2.13. The molecule has 4 nitrogen and oxygen atoms in total. The second-order valence-corrected chi connectivity index (χ2v) is 4.89. The van der Waals surface area contributed by atoms with E-state index in [1.54, 1.807) is 6.92 Å². The molecule has 1 aromatic carbocycles. The first kappa shape index (κ1) is 13.6. The van der Waals surface area contributed by atoms with Crippen molar-refractivity contribution in [3.05, 3.63) is 39.8 Å². The van der Waals surface area contributed by atoms with Crippen molar-refractivity contribution in [3.63, 3.8) is 0 Å². The maximum atomic E-state index is 5.93. The molecule has 0 bridgehead atoms. The Morgan fingerprint density at radius 1 is 1.05 bits per heavy atom. The average Bonchev–Trinajstić information content (AvgIpc) is 2.35. The third-order valence-corrected chi connectivity index (χ3v) is 3.32. The molecule has 2 aromatic rings. The number of rotatable bonds is 2. The second kappa shape index (κ2) is 5.05. The lowest BCUT2D eigenvalue weighted by Gasteiger charge is -2.14. The molecule has 0 unspecified atom stereocenters. The largest absolute Gasteiger partial charge is 0.436 e. The predicted molar refractivity (Wildman–Crippen MR) is 76.9 cm³/mol. The molecular formula is C14H16ClN3O. The molecule has 5 heteroatoms. The van der Waals surface area contributed by atoms with Crippen LogP contribution in [0.15, 0.2) is 12.1 Å². The standard InChI is InChI=1S/C14H16ClN3O/c1-7-5-6-8(2)12(9(7)3)19-13-11(16)10(4)17-14(15)18-13/h5-6H,16H2,1-4H3. The maximum Gasteiger partial charge on any atom is 0.247 e. The van der Waals surface area contributed by atoms with Crippen molar-refractivity contribution in [2.75, 3.05) is 5.73 Å². The summed E-state index contributed by atoms with van der Waals surface area (Å²) >= 11 is 5.84. The average molecular weight is 278 g/mol. The molecule has 0 amide bonds. The number of hydrogen-bond donors (Lipinski definition) is 1. The van der Waals surface area contributed by atoms with Gasteiger partial charge in [0.25, 0.3) is 0 Å². The number of aryl methyl sites for hydroxylation is 3. The maximum absolute atomic E-state index is 5.93. The lowest BCUT2D eigenvalue weighted by molar-refractivity contribution is 0.456. The first-order valence-corrected chi connectivity index (χ1v) is 6.32. The van der Waals surface area contributed by atoms with Crippen LogP contribution in [0.3, 0.4) is 0 Å². The van der Waals surface area contributed by atoms with Crippen LogP contribution >= 0.6 is 11.6 Å². The molecule has 1 heterocycles. The minimum absolute atomic E-state index is 0.129. The zero-order chi connectivity index (χ0) is 14.2. The van der Waals surface area contributed by atoms with Crippen LogP contribution in [0.5, 0.6) is 11.6 Å². The fraction of sp³-hybridized carbons (Fsp3) is 0.286. The number of hydrogen-bond acceptors (Lipinski definition) is 4. The summed E-state index contributed by atoms with van der Waals surface area (Å²) in [5, 5.41) is 0.129. The van der Waals surface area contributed by atoms with Gasteiger partial charge in [-0.25, -0.2) is 4.98 Å². The Balaban J connectivity index is 2.51. The van der Waals surface area contributed by atoms with Crippen molar-refractivity contribution in [3.8, 4) is 11.6 Å². The molecule has 0 aliphatic heterocycles. The van der Waals surface area contributed by atoms with Gasteiger partial charge in [-0.15, -0.1) is 0 Å². The van der Waals surface area contributed by atoms with E-state index in [1.807, 2.05) is 26.8 Å². The van der Waals surface area contributed by atoms with Gasteiger partial charge in [-0.1, -0.05) is 12.1 Å². The molecule has 2 rings (SSSR count). The van der Waals surface area contributed by atoms with E-state index in [-0.39, 0.29) is 5.28 Å². The number of nitrogen functional groups attached to an aromatic ring is 1. The van der Waals surface area contributed by atoms with Gasteiger partial charge in [0.2, 0.25) is 11.2 Å². The van der Waals surface area contributed by atoms with E-state index in [1.165, 1.54) is 0 Å². The highest BCUT2D eigenvalue weighted by atomic mass is 35.5. The molecule has 2 N–H and O–H groups in total. The molecule has 0 radical (unpaired) electrons. The summed E-state index contributed by atoms with van der Waals surface area (Å²) in [5.74, 6) is 1.06. The topological polar surface area (TPSA) is 61.0 Å². The van der Waals surface area contributed by atoms with Crippen LogP contribution in [0.2, 0.25) is 5.28 Å². The van der Waals surface area contributed by atoms with Crippen LogP contribution < -0.4 is 10.5 Å². The molecule has 0 atom stereocenters. The molecular weight excluding hydrogens is 262 g/mol. The van der Waals surface area contributed by atoms with Crippen molar-refractivity contribution >= 4 is 17.3 Å². The number of ether oxygens (including phenoxy) is 1. The number of nitrogens with two attached hydrogens (primary N) is 1. The van der Waals surface area contributed by atoms with Gasteiger partial charge in [0.15, 0.2) is 0 Å². The highest BCUT2D eigenvalue weighted by Crippen LogP contribution is 2.33. The lowest BCUT2D eigenvalue weighted by Crippen LogP contribution is -2.02. The Morgan fingerprint density at radius 2 is 1.68 bits per heavy atom. The first-order chi connectivity index (χ1) is 8.90. The van der Waals surface area contributed by atoms with E-state index >= 15 is 0 Å². The zero-order valence-corrected chi connectivity index (χ0v) is 12.2. The van der Waals surface area contributed by atoms with Crippen LogP contribution in [0.25, 0.3) is 0 Å². The van der Waals surface area contributed by atoms with E-state index in [9.17, 15) is 0 Å². The number of aromatic nitrogens is 2. The van der Waals surface area contributed by atoms with Gasteiger partial charge in [-0.2, -0.15) is 4.98 Å². The Labute approximate surface area is 117 Å². The Morgan fingerprint density at radius 3 is 2.37 bits per heavy atom. The van der Waals surface area contributed by atoms with Gasteiger partial charge in [0.1, 0.15) is 11.4 Å². The SMILES string of the molecule is Cc1ccc(C)c(Oc2nc(Cl)nc(C)c2N)c1C. The van der Waals surface area contributed by atoms with Crippen molar-refractivity contribution in [1.29, 1.82) is 0 Å². The third-order valence-electron chi connectivity index (χ3n) is 3.15. The van der Waals surface area contributed by atoms with Gasteiger partial charge in [0.05, 0.1) is 5.69 Å². The van der Waals surface area contributed by atoms with Crippen molar-refractivity contribution < 1.29 is 4.74 Å². The lowest BCUT2D eigenvalue weighted by atomic mass is 10.1. The predicted octanol–water partition coefficient (Wildman–Crippen LogP) is 3.74. The van der Waals surface area contributed by atoms with Crippen LogP contribution in [0, 0.1) is 27.7 Å². The monoisotopic (exact) mass is 277 g/mol. The quantitative estimate of drug-likeness (QED) is 0.850. The molecule has 100 valence electrons. The number of benzene rings is 1. The van der Waals surface area contributed by atoms with Gasteiger partial charge in [-0.3, -0.25) is 0 Å². The Hall–Kier alpha value is -1.81. The van der Waals surface area contributed by atoms with Crippen LogP contribution in [0.4, 0.5) is 5.69 Å². The Kier molecular flexibility index (Phi) is 3.62. The van der Waals surface area contributed by atoms with Crippen molar-refractivity contribution in [1.82, 2.24) is 9.97 Å². The van der Waals surface area contributed by atoms with Crippen molar-refractivity contribution in [2.24, 2.45) is 0 Å². The molecule has 0 fully saturated rings. The summed E-state index contributed by atoms with van der Waals surface area (Å²) in [5.41, 5.74) is 10.2. The fourth-order valence-corrected chi connectivity index (χ4v) is 1.98. The second-order valence-electron chi connectivity index (χ2n) is 4.55. The minimum atomic E-state index is 0.129. The van der Waals surface area contributed by atoms with Crippen LogP contribution in [-0.4, -0.2) is 9.97 Å². The first-order valence-electron chi connectivity index (χ1n) is 5.94. The molecule has 19 heavy (non-hydrogen) atoms. The van der Waals surface area contributed by atoms with Gasteiger partial charge < -0.3 is 10.5 Å². The van der Waals surface area contributed by atoms with Crippen LogP contribution in [-0.2, 0) is 0 Å². The molecule has 0 saturated heterocycles. The number of anilines is 1. The van der Waals surface area contributed by atoms with Crippen LogP contribution in [0.1, 0.15) is 22.4 Å². The van der Waals surface area contributed by atoms with E-state index in [0.29, 0.717) is 17.3 Å². The number of halogens is 1. The highest BCUT2D eigenvalue weighted by molar-refractivity contribution is 6.28. The minimum Gasteiger partial charge on any atom is -0.436 e. The fourth-order valence-electron chi connectivity index (χ4n) is 1.78. The van der Waals surface area contributed by atoms with Crippen molar-refractivity contribution in [2.45, 2.75) is 27.7 Å². The molecule has 1 aromatic heterocycles. The van der Waals surface area contributed by atoms with E-state index in [4.69, 9.17) is 22.1 Å². The van der Waals surface area contributed by atoms with E-state index < -0.39 is 0 Å². The Bertz CT molecular complexity index is 641. The van der Waals surface area contributed by atoms with E-state index in [0.717, 1.165) is 22.4 Å². The number of nitrogens with zero attached hydrogens (tertiary/aromatic N) is 2. The summed E-state index contributed by atoms with van der Waals surface area (Å²) in [6.07, 6.45) is 0. The van der Waals surface area contributed by atoms with Gasteiger partial charge >= 0.3 is 0 Å². The van der Waals surface area contributed by atoms with Gasteiger partial charge in [0, 0.05) is 0 Å². The van der Waals surface area contributed by atoms with Gasteiger partial charge in [-0.05, 0) is 56.0 Å². The molecule has 0 spiro atoms. The molecule has 0 saturated carbocycles. The summed E-state index contributed by atoms with van der Waals surface area (Å²) in [6, 6.07) is 4.06. The van der Waals surface area contributed by atoms with E-state index in [2.05, 4.69) is 16.0 Å². The summed E-state index contributed by atoms with van der Waals surface area (Å²) in [4.78, 5) is 8.03. The summed E-state index contributed by atoms with van der Waals surface area (Å²) in [7, 11) is 0. The smallest absolute Gasteiger partial charge is 0.247 e. The molecule has 0 aliphatic carbocycles. The summed E-state index contributed by atoms with van der Waals surface area (Å²) in [6.45, 7) is 7.78. The third kappa shape index (κ3) is 2.63. The molecule has 0 aliphatic rings. The summed E-state index contributed by atoms with van der Waals surface area (Å²) < 4.78 is 5.85. The zero-order valence-electron chi connectivity index (χ0n) is 11.4. The normalized spacial score (nSPS) is 10.6.